The molecule has 3 N–H and O–H groups in total. The highest BCUT2D eigenvalue weighted by molar-refractivity contribution is 5.95. The molecule has 0 radical (unpaired) electrons. The predicted octanol–water partition coefficient (Wildman–Crippen LogP) is 4.07. The number of alkyl halides is 5. The standard InChI is InChI=1S/C22H21F7N2O5/c1-9-15(11-3-4-12(23)16(24)17(11)35-20(25)26)18(36-21(9,2)22(27,28)29)19(34)31-10-5-6-30-13(7-10)14(33)8-32/h3-7,9,14-15,18,20,32-33H,8H2,1-2H3,(H,30,31,34)/t9-,14+,15-,18+,21+/m1/s1. The minimum absolute atomic E-state index is 0.0533. The third-order valence-electron chi connectivity index (χ3n) is 6.14. The molecule has 0 unspecified atom stereocenters. The lowest BCUT2D eigenvalue weighted by Crippen LogP contribution is -2.47. The Hall–Kier alpha value is -2.97. The van der Waals surface area contributed by atoms with Crippen molar-refractivity contribution < 1.29 is 55.2 Å². The maximum atomic E-state index is 14.4. The van der Waals surface area contributed by atoms with Crippen molar-refractivity contribution in [1.29, 1.82) is 0 Å². The summed E-state index contributed by atoms with van der Waals surface area (Å²) in [4.78, 5) is 16.9. The highest BCUT2D eigenvalue weighted by Crippen LogP contribution is 2.55. The Morgan fingerprint density at radius 3 is 2.53 bits per heavy atom. The number of rotatable bonds is 7. The smallest absolute Gasteiger partial charge is 0.417 e. The summed E-state index contributed by atoms with van der Waals surface area (Å²) < 4.78 is 105. The number of carbonyl (C=O) groups is 1. The second-order valence-corrected chi connectivity index (χ2v) is 8.27. The van der Waals surface area contributed by atoms with Gasteiger partial charge in [0.2, 0.25) is 5.82 Å². The molecule has 1 saturated heterocycles. The van der Waals surface area contributed by atoms with Crippen LogP contribution in [0.4, 0.5) is 36.4 Å². The molecule has 2 aromatic rings. The van der Waals surface area contributed by atoms with E-state index in [4.69, 9.17) is 9.84 Å². The summed E-state index contributed by atoms with van der Waals surface area (Å²) in [7, 11) is 0. The Bertz CT molecular complexity index is 1120. The molecule has 1 aromatic carbocycles. The van der Waals surface area contributed by atoms with Gasteiger partial charge in [0, 0.05) is 29.3 Å². The van der Waals surface area contributed by atoms with Crippen molar-refractivity contribution in [3.8, 4) is 5.75 Å². The van der Waals surface area contributed by atoms with Crippen molar-refractivity contribution in [1.82, 2.24) is 4.98 Å². The molecule has 0 spiro atoms. The predicted molar refractivity (Wildman–Crippen MR) is 109 cm³/mol. The van der Waals surface area contributed by atoms with E-state index in [1.807, 2.05) is 0 Å². The van der Waals surface area contributed by atoms with Crippen molar-refractivity contribution in [2.75, 3.05) is 11.9 Å². The first-order valence-corrected chi connectivity index (χ1v) is 10.4. The van der Waals surface area contributed by atoms with Crippen molar-refractivity contribution >= 4 is 11.6 Å². The molecule has 36 heavy (non-hydrogen) atoms. The first-order chi connectivity index (χ1) is 16.7. The molecule has 0 saturated carbocycles. The van der Waals surface area contributed by atoms with Crippen LogP contribution in [0, 0.1) is 17.6 Å². The van der Waals surface area contributed by atoms with Gasteiger partial charge in [0.05, 0.1) is 12.3 Å². The maximum absolute atomic E-state index is 14.4. The molecule has 5 atom stereocenters. The summed E-state index contributed by atoms with van der Waals surface area (Å²) >= 11 is 0. The lowest BCUT2D eigenvalue weighted by Gasteiger charge is -2.32. The number of hydrogen-bond acceptors (Lipinski definition) is 6. The number of aliphatic hydroxyl groups excluding tert-OH is 2. The van der Waals surface area contributed by atoms with Gasteiger partial charge in [0.25, 0.3) is 5.91 Å². The van der Waals surface area contributed by atoms with Crippen LogP contribution in [0.15, 0.2) is 30.5 Å². The van der Waals surface area contributed by atoms with Crippen molar-refractivity contribution in [2.45, 2.75) is 50.4 Å². The summed E-state index contributed by atoms with van der Waals surface area (Å²) in [6, 6.07) is 3.63. The number of carbonyl (C=O) groups excluding carboxylic acids is 1. The quantitative estimate of drug-likeness (QED) is 0.471. The Morgan fingerprint density at radius 2 is 1.94 bits per heavy atom. The Morgan fingerprint density at radius 1 is 1.28 bits per heavy atom. The van der Waals surface area contributed by atoms with Gasteiger partial charge in [-0.05, 0) is 25.1 Å². The molecular weight excluding hydrogens is 505 g/mol. The number of anilines is 1. The third kappa shape index (κ3) is 5.11. The van der Waals surface area contributed by atoms with Crippen LogP contribution in [0.25, 0.3) is 0 Å². The number of halogens is 7. The highest BCUT2D eigenvalue weighted by Gasteiger charge is 2.66. The molecule has 0 aliphatic carbocycles. The van der Waals surface area contributed by atoms with E-state index < -0.39 is 77.9 Å². The van der Waals surface area contributed by atoms with E-state index in [0.717, 1.165) is 25.3 Å². The maximum Gasteiger partial charge on any atom is 0.417 e. The average molecular weight is 526 g/mol. The van der Waals surface area contributed by atoms with E-state index in [2.05, 4.69) is 15.0 Å². The number of pyridine rings is 1. The van der Waals surface area contributed by atoms with E-state index >= 15 is 0 Å². The molecule has 7 nitrogen and oxygen atoms in total. The fourth-order valence-electron chi connectivity index (χ4n) is 4.06. The summed E-state index contributed by atoms with van der Waals surface area (Å²) in [5, 5.41) is 21.1. The number of benzene rings is 1. The van der Waals surface area contributed by atoms with E-state index in [1.165, 1.54) is 6.07 Å². The monoisotopic (exact) mass is 526 g/mol. The molecule has 1 aliphatic heterocycles. The van der Waals surface area contributed by atoms with E-state index in [1.54, 1.807) is 0 Å². The van der Waals surface area contributed by atoms with Crippen molar-refractivity contribution in [3.63, 3.8) is 0 Å². The Kier molecular flexibility index (Phi) is 7.81. The molecule has 2 heterocycles. The molecule has 3 rings (SSSR count). The highest BCUT2D eigenvalue weighted by atomic mass is 19.4. The fraction of sp³-hybridized carbons (Fsp3) is 0.455. The molecule has 1 aliphatic rings. The lowest BCUT2D eigenvalue weighted by molar-refractivity contribution is -0.272. The summed E-state index contributed by atoms with van der Waals surface area (Å²) in [5.74, 6) is -9.33. The third-order valence-corrected chi connectivity index (χ3v) is 6.14. The Balaban J connectivity index is 2.08. The fourth-order valence-corrected chi connectivity index (χ4v) is 4.06. The normalized spacial score (nSPS) is 25.2. The second kappa shape index (κ2) is 10.2. The van der Waals surface area contributed by atoms with Gasteiger partial charge >= 0.3 is 12.8 Å². The molecule has 0 bridgehead atoms. The van der Waals surface area contributed by atoms with Crippen molar-refractivity contribution in [2.24, 2.45) is 5.92 Å². The van der Waals surface area contributed by atoms with Gasteiger partial charge in [0.1, 0.15) is 12.2 Å². The SMILES string of the molecule is C[C@@H]1[C@H](c2ccc(F)c(F)c2OC(F)F)[C@@H](C(=O)Nc2ccnc([C@@H](O)CO)c2)O[C@]1(C)C(F)(F)F. The molecular formula is C22H21F7N2O5. The van der Waals surface area contributed by atoms with Crippen molar-refractivity contribution in [3.05, 3.63) is 53.4 Å². The topological polar surface area (TPSA) is 101 Å². The molecule has 1 fully saturated rings. The number of ether oxygens (including phenoxy) is 2. The zero-order valence-corrected chi connectivity index (χ0v) is 18.7. The van der Waals surface area contributed by atoms with Crippen LogP contribution in [0.2, 0.25) is 0 Å². The van der Waals surface area contributed by atoms with E-state index in [0.29, 0.717) is 13.0 Å². The molecule has 1 aromatic heterocycles. The van der Waals surface area contributed by atoms with Gasteiger partial charge in [-0.3, -0.25) is 9.78 Å². The summed E-state index contributed by atoms with van der Waals surface area (Å²) in [6.45, 7) is -2.68. The van der Waals surface area contributed by atoms with Gasteiger partial charge in [-0.25, -0.2) is 4.39 Å². The first-order valence-electron chi connectivity index (χ1n) is 10.4. The lowest BCUT2D eigenvalue weighted by atomic mass is 9.77. The number of aromatic nitrogens is 1. The zero-order chi connectivity index (χ0) is 27.0. The number of hydrogen-bond donors (Lipinski definition) is 3. The number of amides is 1. The van der Waals surface area contributed by atoms with Crippen LogP contribution in [0.3, 0.4) is 0 Å². The summed E-state index contributed by atoms with van der Waals surface area (Å²) in [6.07, 6.45) is -7.33. The molecule has 14 heteroatoms. The largest absolute Gasteiger partial charge is 0.431 e. The Labute approximate surface area is 199 Å². The van der Waals surface area contributed by atoms with Crippen LogP contribution in [0.1, 0.15) is 37.1 Å². The number of nitrogens with one attached hydrogen (secondary N) is 1. The van der Waals surface area contributed by atoms with Crippen LogP contribution in [-0.2, 0) is 9.53 Å². The summed E-state index contributed by atoms with van der Waals surface area (Å²) in [5.41, 5.74) is -3.73. The number of nitrogens with zero attached hydrogens (tertiary/aromatic N) is 1. The van der Waals surface area contributed by atoms with E-state index in [-0.39, 0.29) is 11.4 Å². The van der Waals surface area contributed by atoms with Gasteiger partial charge in [-0.15, -0.1) is 0 Å². The van der Waals surface area contributed by atoms with Gasteiger partial charge < -0.3 is 25.0 Å². The van der Waals surface area contributed by atoms with Gasteiger partial charge in [0.15, 0.2) is 17.2 Å². The minimum atomic E-state index is -5.04. The number of aliphatic hydroxyl groups is 2. The average Bonchev–Trinajstić information content (AvgIpc) is 3.08. The van der Waals surface area contributed by atoms with Gasteiger partial charge in [-0.2, -0.15) is 26.3 Å². The first kappa shape index (κ1) is 27.6. The minimum Gasteiger partial charge on any atom is -0.431 e. The molecule has 1 amide bonds. The zero-order valence-electron chi connectivity index (χ0n) is 18.7. The molecule has 198 valence electrons. The van der Waals surface area contributed by atoms with Crippen LogP contribution >= 0.6 is 0 Å². The van der Waals surface area contributed by atoms with E-state index in [9.17, 15) is 40.6 Å². The van der Waals surface area contributed by atoms with Gasteiger partial charge in [-0.1, -0.05) is 13.0 Å². The van der Waals surface area contributed by atoms with Crippen LogP contribution < -0.4 is 10.1 Å². The van der Waals surface area contributed by atoms with Crippen LogP contribution in [-0.4, -0.2) is 52.2 Å². The second-order valence-electron chi connectivity index (χ2n) is 8.27. The van der Waals surface area contributed by atoms with Crippen LogP contribution in [0.5, 0.6) is 5.75 Å².